The summed E-state index contributed by atoms with van der Waals surface area (Å²) < 4.78 is 19.5. The number of halogens is 2. The van der Waals surface area contributed by atoms with Gasteiger partial charge in [0.2, 0.25) is 0 Å². The molecule has 0 radical (unpaired) electrons. The minimum Gasteiger partial charge on any atom is -0.444 e. The molecule has 2 N–H and O–H groups in total. The molecular weight excluding hydrogens is 500 g/mol. The van der Waals surface area contributed by atoms with E-state index in [1.165, 1.54) is 18.2 Å². The molecule has 0 spiro atoms. The van der Waals surface area contributed by atoms with Crippen LogP contribution in [0.5, 0.6) is 0 Å². The predicted molar refractivity (Wildman–Crippen MR) is 125 cm³/mol. The maximum Gasteiger partial charge on any atom is 0.410 e. The molecule has 1 atom stereocenters. The third-order valence-corrected chi connectivity index (χ3v) is 4.34. The van der Waals surface area contributed by atoms with Crippen molar-refractivity contribution in [2.45, 2.75) is 58.7 Å². The highest BCUT2D eigenvalue weighted by Gasteiger charge is 2.28. The first-order chi connectivity index (χ1) is 13.7. The lowest BCUT2D eigenvalue weighted by Gasteiger charge is -2.35. The molecular formula is C21H31FIN5O2. The first-order valence-electron chi connectivity index (χ1n) is 9.93. The SMILES string of the molecule is CCNC(=NCc1cc(C#N)ccc1F)NC1CCCN(C(=O)OC(C)(C)C)C1.I. The summed E-state index contributed by atoms with van der Waals surface area (Å²) in [6, 6.07) is 6.26. The molecule has 1 heterocycles. The number of hydrogen-bond acceptors (Lipinski definition) is 4. The van der Waals surface area contributed by atoms with Gasteiger partial charge in [-0.15, -0.1) is 24.0 Å². The van der Waals surface area contributed by atoms with Crippen LogP contribution in [0.2, 0.25) is 0 Å². The minimum atomic E-state index is -0.532. The number of nitrogens with zero attached hydrogens (tertiary/aromatic N) is 3. The van der Waals surface area contributed by atoms with Crippen LogP contribution in [0.1, 0.15) is 51.7 Å². The molecule has 1 saturated heterocycles. The zero-order valence-electron chi connectivity index (χ0n) is 18.0. The van der Waals surface area contributed by atoms with Crippen LogP contribution in [0, 0.1) is 17.1 Å². The first kappa shape index (κ1) is 25.9. The van der Waals surface area contributed by atoms with Gasteiger partial charge < -0.3 is 20.3 Å². The van der Waals surface area contributed by atoms with Gasteiger partial charge in [-0.1, -0.05) is 0 Å². The highest BCUT2D eigenvalue weighted by molar-refractivity contribution is 14.0. The Kier molecular flexibility index (Phi) is 10.3. The number of piperidine rings is 1. The quantitative estimate of drug-likeness (QED) is 0.351. The summed E-state index contributed by atoms with van der Waals surface area (Å²) in [4.78, 5) is 18.5. The van der Waals surface area contributed by atoms with Gasteiger partial charge in [-0.2, -0.15) is 5.26 Å². The van der Waals surface area contributed by atoms with Crippen LogP contribution in [0.15, 0.2) is 23.2 Å². The molecule has 1 fully saturated rings. The summed E-state index contributed by atoms with van der Waals surface area (Å²) in [7, 11) is 0. The van der Waals surface area contributed by atoms with Crippen LogP contribution >= 0.6 is 24.0 Å². The topological polar surface area (TPSA) is 89.8 Å². The molecule has 30 heavy (non-hydrogen) atoms. The van der Waals surface area contributed by atoms with Crippen molar-refractivity contribution in [3.8, 4) is 6.07 Å². The van der Waals surface area contributed by atoms with Crippen molar-refractivity contribution in [1.29, 1.82) is 5.26 Å². The second-order valence-corrected chi connectivity index (χ2v) is 8.02. The molecule has 0 aliphatic carbocycles. The van der Waals surface area contributed by atoms with Gasteiger partial charge in [-0.3, -0.25) is 0 Å². The normalized spacial score (nSPS) is 16.9. The number of amides is 1. The largest absolute Gasteiger partial charge is 0.444 e. The number of likely N-dealkylation sites (tertiary alicyclic amines) is 1. The maximum absolute atomic E-state index is 14.0. The number of carbonyl (C=O) groups excluding carboxylic acids is 1. The van der Waals surface area contributed by atoms with E-state index in [-0.39, 0.29) is 42.7 Å². The number of rotatable bonds is 4. The van der Waals surface area contributed by atoms with Gasteiger partial charge in [-0.25, -0.2) is 14.2 Å². The summed E-state index contributed by atoms with van der Waals surface area (Å²) >= 11 is 0. The molecule has 1 aromatic rings. The average Bonchev–Trinajstić information content (AvgIpc) is 2.66. The van der Waals surface area contributed by atoms with Crippen molar-refractivity contribution >= 4 is 36.0 Å². The fourth-order valence-corrected chi connectivity index (χ4v) is 3.03. The van der Waals surface area contributed by atoms with Gasteiger partial charge >= 0.3 is 6.09 Å². The third kappa shape index (κ3) is 8.34. The molecule has 7 nitrogen and oxygen atoms in total. The second-order valence-electron chi connectivity index (χ2n) is 8.02. The van der Waals surface area contributed by atoms with E-state index in [4.69, 9.17) is 10.00 Å². The van der Waals surface area contributed by atoms with E-state index in [2.05, 4.69) is 15.6 Å². The van der Waals surface area contributed by atoms with Crippen LogP contribution in [0.25, 0.3) is 0 Å². The van der Waals surface area contributed by atoms with Crippen LogP contribution in [-0.2, 0) is 11.3 Å². The van der Waals surface area contributed by atoms with Gasteiger partial charge in [0.25, 0.3) is 0 Å². The predicted octanol–water partition coefficient (Wildman–Crippen LogP) is 3.77. The highest BCUT2D eigenvalue weighted by atomic mass is 127. The number of nitrogens with one attached hydrogen (secondary N) is 2. The molecule has 9 heteroatoms. The zero-order chi connectivity index (χ0) is 21.4. The molecule has 166 valence electrons. The van der Waals surface area contributed by atoms with Crippen LogP contribution < -0.4 is 10.6 Å². The van der Waals surface area contributed by atoms with Crippen molar-refractivity contribution in [3.05, 3.63) is 35.1 Å². The van der Waals surface area contributed by atoms with Gasteiger partial charge in [0, 0.05) is 31.2 Å². The Hall–Kier alpha value is -2.09. The average molecular weight is 531 g/mol. The Labute approximate surface area is 195 Å². The standard InChI is InChI=1S/C21H30FN5O2.HI/c1-5-24-19(25-13-16-11-15(12-23)8-9-18(16)22)26-17-7-6-10-27(14-17)20(28)29-21(2,3)4;/h8-9,11,17H,5-7,10,13-14H2,1-4H3,(H2,24,25,26);1H. The molecule has 1 aliphatic heterocycles. The van der Waals surface area contributed by atoms with Gasteiger partial charge in [-0.05, 0) is 58.7 Å². The molecule has 1 aliphatic rings. The van der Waals surface area contributed by atoms with Crippen molar-refractivity contribution < 1.29 is 13.9 Å². The third-order valence-electron chi connectivity index (χ3n) is 4.34. The van der Waals surface area contributed by atoms with E-state index >= 15 is 0 Å². The number of nitriles is 1. The van der Waals surface area contributed by atoms with Crippen LogP contribution in [0.4, 0.5) is 9.18 Å². The molecule has 1 aromatic carbocycles. The van der Waals surface area contributed by atoms with E-state index in [0.717, 1.165) is 12.8 Å². The van der Waals surface area contributed by atoms with Crippen molar-refractivity contribution in [2.24, 2.45) is 4.99 Å². The fourth-order valence-electron chi connectivity index (χ4n) is 3.03. The maximum atomic E-state index is 14.0. The lowest BCUT2D eigenvalue weighted by Crippen LogP contribution is -2.53. The molecule has 0 saturated carbocycles. The number of aliphatic imine (C=N–C) groups is 1. The molecule has 2 rings (SSSR count). The van der Waals surface area contributed by atoms with Gasteiger partial charge in [0.1, 0.15) is 11.4 Å². The van der Waals surface area contributed by atoms with Crippen molar-refractivity contribution in [3.63, 3.8) is 0 Å². The number of benzene rings is 1. The zero-order valence-corrected chi connectivity index (χ0v) is 20.3. The first-order valence-corrected chi connectivity index (χ1v) is 9.93. The summed E-state index contributed by atoms with van der Waals surface area (Å²) in [5, 5.41) is 15.5. The number of ether oxygens (including phenoxy) is 1. The van der Waals surface area contributed by atoms with Crippen LogP contribution in [-0.4, -0.2) is 48.2 Å². The van der Waals surface area contributed by atoms with Crippen LogP contribution in [0.3, 0.4) is 0 Å². The Morgan fingerprint density at radius 3 is 2.80 bits per heavy atom. The Morgan fingerprint density at radius 1 is 1.43 bits per heavy atom. The van der Waals surface area contributed by atoms with E-state index in [9.17, 15) is 9.18 Å². The lowest BCUT2D eigenvalue weighted by atomic mass is 10.1. The molecule has 1 amide bonds. The molecule has 1 unspecified atom stereocenters. The number of hydrogen-bond donors (Lipinski definition) is 2. The monoisotopic (exact) mass is 531 g/mol. The second kappa shape index (κ2) is 11.9. The Balaban J connectivity index is 0.00000450. The van der Waals surface area contributed by atoms with E-state index in [1.54, 1.807) is 4.90 Å². The lowest BCUT2D eigenvalue weighted by molar-refractivity contribution is 0.0193. The fraction of sp³-hybridized carbons (Fsp3) is 0.571. The summed E-state index contributed by atoms with van der Waals surface area (Å²) in [6.07, 6.45) is 1.43. The molecule has 0 aromatic heterocycles. The van der Waals surface area contributed by atoms with Gasteiger partial charge in [0.05, 0.1) is 18.2 Å². The van der Waals surface area contributed by atoms with Crippen molar-refractivity contribution in [2.75, 3.05) is 19.6 Å². The van der Waals surface area contributed by atoms with E-state index in [0.29, 0.717) is 36.7 Å². The van der Waals surface area contributed by atoms with Gasteiger partial charge in [0.15, 0.2) is 5.96 Å². The minimum absolute atomic E-state index is 0. The van der Waals surface area contributed by atoms with E-state index in [1.807, 2.05) is 33.8 Å². The molecule has 0 bridgehead atoms. The highest BCUT2D eigenvalue weighted by Crippen LogP contribution is 2.16. The van der Waals surface area contributed by atoms with Crippen molar-refractivity contribution in [1.82, 2.24) is 15.5 Å². The summed E-state index contributed by atoms with van der Waals surface area (Å²) in [5.41, 5.74) is 0.228. The Bertz CT molecular complexity index is 789. The smallest absolute Gasteiger partial charge is 0.410 e. The summed E-state index contributed by atoms with van der Waals surface area (Å²) in [6.45, 7) is 9.42. The number of carbonyl (C=O) groups is 1. The Morgan fingerprint density at radius 2 is 2.17 bits per heavy atom. The summed E-state index contributed by atoms with van der Waals surface area (Å²) in [5.74, 6) is 0.155. The number of guanidine groups is 1. The van der Waals surface area contributed by atoms with E-state index < -0.39 is 11.4 Å².